The molecule has 0 fully saturated rings. The summed E-state index contributed by atoms with van der Waals surface area (Å²) >= 11 is 0. The first-order valence-corrected chi connectivity index (χ1v) is 5.49. The first kappa shape index (κ1) is 10.5. The Hall–Kier alpha value is -2.69. The fourth-order valence-corrected chi connectivity index (χ4v) is 1.74. The number of nitrogens with zero attached hydrogens (tertiary/aromatic N) is 2. The number of carbonyl (C=O) groups excluding carboxylic acids is 1. The molecule has 2 heterocycles. The molecule has 0 aliphatic heterocycles. The van der Waals surface area contributed by atoms with Crippen LogP contribution in [-0.4, -0.2) is 20.9 Å². The second-order valence-electron chi connectivity index (χ2n) is 3.78. The smallest absolute Gasteiger partial charge is 0.255 e. The number of hydrogen-bond acceptors (Lipinski definition) is 3. The maximum Gasteiger partial charge on any atom is 0.255 e. The van der Waals surface area contributed by atoms with E-state index >= 15 is 0 Å². The van der Waals surface area contributed by atoms with Crippen LogP contribution in [0, 0.1) is 0 Å². The fourth-order valence-electron chi connectivity index (χ4n) is 1.74. The number of hydrogen-bond donors (Lipinski definition) is 2. The Morgan fingerprint density at radius 3 is 2.78 bits per heavy atom. The van der Waals surface area contributed by atoms with Crippen molar-refractivity contribution in [2.45, 2.75) is 0 Å². The SMILES string of the molecule is O=C(Nc1ccnc2nc[nH]c12)c1ccccc1. The van der Waals surface area contributed by atoms with Crippen molar-refractivity contribution >= 4 is 22.8 Å². The molecule has 0 radical (unpaired) electrons. The quantitative estimate of drug-likeness (QED) is 0.719. The van der Waals surface area contributed by atoms with Crippen molar-refractivity contribution < 1.29 is 4.79 Å². The predicted molar refractivity (Wildman–Crippen MR) is 68.3 cm³/mol. The molecule has 0 bridgehead atoms. The van der Waals surface area contributed by atoms with Crippen LogP contribution < -0.4 is 5.32 Å². The number of aromatic amines is 1. The van der Waals surface area contributed by atoms with E-state index in [-0.39, 0.29) is 5.91 Å². The third kappa shape index (κ3) is 1.82. The summed E-state index contributed by atoms with van der Waals surface area (Å²) < 4.78 is 0. The summed E-state index contributed by atoms with van der Waals surface area (Å²) in [5, 5.41) is 2.84. The van der Waals surface area contributed by atoms with Gasteiger partial charge in [0.05, 0.1) is 12.0 Å². The van der Waals surface area contributed by atoms with Gasteiger partial charge < -0.3 is 10.3 Å². The van der Waals surface area contributed by atoms with Gasteiger partial charge >= 0.3 is 0 Å². The fraction of sp³-hybridized carbons (Fsp3) is 0. The maximum absolute atomic E-state index is 12.0. The Morgan fingerprint density at radius 1 is 1.11 bits per heavy atom. The first-order valence-electron chi connectivity index (χ1n) is 5.49. The minimum Gasteiger partial charge on any atom is -0.342 e. The number of anilines is 1. The molecule has 18 heavy (non-hydrogen) atoms. The van der Waals surface area contributed by atoms with E-state index in [1.165, 1.54) is 0 Å². The van der Waals surface area contributed by atoms with Crippen molar-refractivity contribution in [1.29, 1.82) is 0 Å². The van der Waals surface area contributed by atoms with Crippen molar-refractivity contribution in [3.8, 4) is 0 Å². The van der Waals surface area contributed by atoms with E-state index in [1.54, 1.807) is 30.7 Å². The summed E-state index contributed by atoms with van der Waals surface area (Å²) in [4.78, 5) is 23.1. The molecular weight excluding hydrogens is 228 g/mol. The summed E-state index contributed by atoms with van der Waals surface area (Å²) in [7, 11) is 0. The van der Waals surface area contributed by atoms with Crippen molar-refractivity contribution in [3.05, 3.63) is 54.5 Å². The van der Waals surface area contributed by atoms with Crippen molar-refractivity contribution in [2.24, 2.45) is 0 Å². The number of benzene rings is 1. The zero-order chi connectivity index (χ0) is 12.4. The zero-order valence-electron chi connectivity index (χ0n) is 9.42. The van der Waals surface area contributed by atoms with Crippen LogP contribution in [0.4, 0.5) is 5.69 Å². The second-order valence-corrected chi connectivity index (χ2v) is 3.78. The molecule has 5 heteroatoms. The molecule has 2 N–H and O–H groups in total. The third-order valence-corrected chi connectivity index (χ3v) is 2.61. The van der Waals surface area contributed by atoms with Crippen LogP contribution in [-0.2, 0) is 0 Å². The third-order valence-electron chi connectivity index (χ3n) is 2.61. The van der Waals surface area contributed by atoms with E-state index in [4.69, 9.17) is 0 Å². The number of aromatic nitrogens is 3. The maximum atomic E-state index is 12.0. The molecular formula is C13H10N4O. The van der Waals surface area contributed by atoms with E-state index in [9.17, 15) is 4.79 Å². The van der Waals surface area contributed by atoms with Crippen molar-refractivity contribution in [3.63, 3.8) is 0 Å². The van der Waals surface area contributed by atoms with Crippen LogP contribution in [0.1, 0.15) is 10.4 Å². The Bertz CT molecular complexity index is 690. The summed E-state index contributed by atoms with van der Waals surface area (Å²) in [5.41, 5.74) is 2.59. The van der Waals surface area contributed by atoms with Crippen LogP contribution in [0.3, 0.4) is 0 Å². The molecule has 0 atom stereocenters. The molecule has 0 spiro atoms. The lowest BCUT2D eigenvalue weighted by Gasteiger charge is -2.05. The number of fused-ring (bicyclic) bond motifs is 1. The minimum absolute atomic E-state index is 0.155. The lowest BCUT2D eigenvalue weighted by Crippen LogP contribution is -2.12. The van der Waals surface area contributed by atoms with Gasteiger partial charge in [0.2, 0.25) is 0 Å². The highest BCUT2D eigenvalue weighted by Crippen LogP contribution is 2.18. The highest BCUT2D eigenvalue weighted by Gasteiger charge is 2.09. The van der Waals surface area contributed by atoms with Gasteiger partial charge in [-0.05, 0) is 18.2 Å². The highest BCUT2D eigenvalue weighted by atomic mass is 16.1. The van der Waals surface area contributed by atoms with E-state index in [2.05, 4.69) is 20.3 Å². The summed E-state index contributed by atoms with van der Waals surface area (Å²) in [6.07, 6.45) is 3.17. The molecule has 5 nitrogen and oxygen atoms in total. The Labute approximate surface area is 103 Å². The number of nitrogens with one attached hydrogen (secondary N) is 2. The average Bonchev–Trinajstić information content (AvgIpc) is 2.89. The second kappa shape index (κ2) is 4.29. The highest BCUT2D eigenvalue weighted by molar-refractivity contribution is 6.07. The van der Waals surface area contributed by atoms with Gasteiger partial charge in [-0.1, -0.05) is 18.2 Å². The zero-order valence-corrected chi connectivity index (χ0v) is 9.42. The van der Waals surface area contributed by atoms with Gasteiger partial charge in [0, 0.05) is 11.8 Å². The molecule has 0 aliphatic rings. The lowest BCUT2D eigenvalue weighted by molar-refractivity contribution is 0.102. The molecule has 2 aromatic heterocycles. The van der Waals surface area contributed by atoms with Crippen LogP contribution >= 0.6 is 0 Å². The molecule has 0 aliphatic carbocycles. The minimum atomic E-state index is -0.155. The number of H-pyrrole nitrogens is 1. The van der Waals surface area contributed by atoms with E-state index in [0.29, 0.717) is 16.9 Å². The van der Waals surface area contributed by atoms with E-state index in [0.717, 1.165) is 5.52 Å². The van der Waals surface area contributed by atoms with Crippen LogP contribution in [0.25, 0.3) is 11.2 Å². The van der Waals surface area contributed by atoms with Gasteiger partial charge in [0.1, 0.15) is 5.52 Å². The Kier molecular flexibility index (Phi) is 2.49. The van der Waals surface area contributed by atoms with Crippen molar-refractivity contribution in [1.82, 2.24) is 15.0 Å². The Morgan fingerprint density at radius 2 is 1.94 bits per heavy atom. The topological polar surface area (TPSA) is 70.7 Å². The van der Waals surface area contributed by atoms with Gasteiger partial charge in [0.15, 0.2) is 5.65 Å². The Balaban J connectivity index is 1.93. The summed E-state index contributed by atoms with van der Waals surface area (Å²) in [6.45, 7) is 0. The predicted octanol–water partition coefficient (Wildman–Crippen LogP) is 2.21. The molecule has 0 unspecified atom stereocenters. The number of carbonyl (C=O) groups is 1. The van der Waals surface area contributed by atoms with Gasteiger partial charge in [-0.2, -0.15) is 0 Å². The van der Waals surface area contributed by atoms with Gasteiger partial charge in [-0.15, -0.1) is 0 Å². The normalized spacial score (nSPS) is 10.4. The molecule has 1 aromatic carbocycles. The molecule has 1 amide bonds. The molecule has 88 valence electrons. The number of amides is 1. The summed E-state index contributed by atoms with van der Waals surface area (Å²) in [6, 6.07) is 10.8. The van der Waals surface area contributed by atoms with Crippen LogP contribution in [0.15, 0.2) is 48.9 Å². The van der Waals surface area contributed by atoms with Crippen LogP contribution in [0.5, 0.6) is 0 Å². The van der Waals surface area contributed by atoms with Crippen LogP contribution in [0.2, 0.25) is 0 Å². The average molecular weight is 238 g/mol. The molecule has 3 rings (SSSR count). The number of imidazole rings is 1. The van der Waals surface area contributed by atoms with E-state index < -0.39 is 0 Å². The number of pyridine rings is 1. The van der Waals surface area contributed by atoms with Gasteiger partial charge in [-0.3, -0.25) is 4.79 Å². The molecule has 0 saturated carbocycles. The first-order chi connectivity index (χ1) is 8.84. The van der Waals surface area contributed by atoms with Gasteiger partial charge in [0.25, 0.3) is 5.91 Å². The lowest BCUT2D eigenvalue weighted by atomic mass is 10.2. The van der Waals surface area contributed by atoms with Gasteiger partial charge in [-0.25, -0.2) is 9.97 Å². The van der Waals surface area contributed by atoms with E-state index in [1.807, 2.05) is 18.2 Å². The largest absolute Gasteiger partial charge is 0.342 e. The monoisotopic (exact) mass is 238 g/mol. The molecule has 0 saturated heterocycles. The number of rotatable bonds is 2. The van der Waals surface area contributed by atoms with Crippen molar-refractivity contribution in [2.75, 3.05) is 5.32 Å². The standard InChI is InChI=1S/C13H10N4O/c18-13(9-4-2-1-3-5-9)17-10-6-7-14-12-11(10)15-8-16-12/h1-8H,(H2,14,15,16,17,18). The summed E-state index contributed by atoms with van der Waals surface area (Å²) in [5.74, 6) is -0.155. The molecule has 3 aromatic rings.